The predicted octanol–water partition coefficient (Wildman–Crippen LogP) is 4.19. The Morgan fingerprint density at radius 1 is 1.24 bits per heavy atom. The van der Waals surface area contributed by atoms with Crippen LogP contribution in [-0.4, -0.2) is 24.4 Å². The van der Waals surface area contributed by atoms with Crippen molar-refractivity contribution in [2.24, 2.45) is 5.73 Å². The number of halogens is 2. The molecule has 2 N–H and O–H groups in total. The number of carbonyl (C=O) groups excluding carboxylic acids is 1. The number of rotatable bonds is 8. The van der Waals surface area contributed by atoms with E-state index in [4.69, 9.17) is 17.3 Å². The van der Waals surface area contributed by atoms with E-state index in [-0.39, 0.29) is 24.4 Å². The molecule has 1 aromatic rings. The standard InChI is InChI=1S/C16H25ClN2O.ClH/c1-13(14-9-6-7-10-15(14)17)19(2)16(20)11-5-3-4-8-12-18;/h6-7,9-10,13H,3-5,8,11-12,18H2,1-2H3;1H. The van der Waals surface area contributed by atoms with Gasteiger partial charge >= 0.3 is 0 Å². The van der Waals surface area contributed by atoms with Crippen LogP contribution >= 0.6 is 24.0 Å². The normalized spacial score (nSPS) is 11.6. The second kappa shape index (κ2) is 10.9. The fourth-order valence-corrected chi connectivity index (χ4v) is 2.48. The van der Waals surface area contributed by atoms with Crippen LogP contribution in [0.1, 0.15) is 50.6 Å². The number of unbranched alkanes of at least 4 members (excludes halogenated alkanes) is 3. The molecule has 0 bridgehead atoms. The number of hydrogen-bond acceptors (Lipinski definition) is 2. The van der Waals surface area contributed by atoms with E-state index >= 15 is 0 Å². The summed E-state index contributed by atoms with van der Waals surface area (Å²) in [7, 11) is 1.84. The molecule has 1 rings (SSSR count). The van der Waals surface area contributed by atoms with Crippen molar-refractivity contribution in [3.05, 3.63) is 34.9 Å². The van der Waals surface area contributed by atoms with Crippen molar-refractivity contribution < 1.29 is 4.79 Å². The quantitative estimate of drug-likeness (QED) is 0.725. The van der Waals surface area contributed by atoms with Crippen LogP contribution in [0.2, 0.25) is 5.02 Å². The van der Waals surface area contributed by atoms with Gasteiger partial charge in [0.1, 0.15) is 0 Å². The Hall–Kier alpha value is -0.770. The molecule has 0 radical (unpaired) electrons. The van der Waals surface area contributed by atoms with E-state index in [1.807, 2.05) is 38.2 Å². The van der Waals surface area contributed by atoms with Crippen molar-refractivity contribution >= 4 is 29.9 Å². The third-order valence-electron chi connectivity index (χ3n) is 3.67. The minimum atomic E-state index is 0. The first-order chi connectivity index (χ1) is 9.57. The summed E-state index contributed by atoms with van der Waals surface area (Å²) in [4.78, 5) is 13.9. The molecule has 1 atom stereocenters. The minimum absolute atomic E-state index is 0. The maximum Gasteiger partial charge on any atom is 0.222 e. The molecule has 0 saturated heterocycles. The summed E-state index contributed by atoms with van der Waals surface area (Å²) in [6.07, 6.45) is 4.74. The number of nitrogens with two attached hydrogens (primary N) is 1. The van der Waals surface area contributed by atoms with Crippen LogP contribution in [0.5, 0.6) is 0 Å². The summed E-state index contributed by atoms with van der Waals surface area (Å²) >= 11 is 6.18. The Morgan fingerprint density at radius 3 is 2.48 bits per heavy atom. The van der Waals surface area contributed by atoms with Crippen molar-refractivity contribution in [3.63, 3.8) is 0 Å². The molecule has 1 unspecified atom stereocenters. The van der Waals surface area contributed by atoms with Crippen LogP contribution in [0.4, 0.5) is 0 Å². The van der Waals surface area contributed by atoms with Gasteiger partial charge in [-0.3, -0.25) is 4.79 Å². The largest absolute Gasteiger partial charge is 0.339 e. The van der Waals surface area contributed by atoms with Gasteiger partial charge in [0.25, 0.3) is 0 Å². The van der Waals surface area contributed by atoms with Gasteiger partial charge in [0.15, 0.2) is 0 Å². The van der Waals surface area contributed by atoms with Crippen LogP contribution in [0.25, 0.3) is 0 Å². The lowest BCUT2D eigenvalue weighted by Gasteiger charge is -2.26. The Bertz CT molecular complexity index is 426. The number of amides is 1. The van der Waals surface area contributed by atoms with Crippen LogP contribution in [0.3, 0.4) is 0 Å². The summed E-state index contributed by atoms with van der Waals surface area (Å²) in [5.41, 5.74) is 6.44. The molecule has 1 aromatic carbocycles. The van der Waals surface area contributed by atoms with Crippen LogP contribution in [0, 0.1) is 0 Å². The molecule has 0 spiro atoms. The van der Waals surface area contributed by atoms with Gasteiger partial charge in [-0.15, -0.1) is 12.4 Å². The zero-order valence-corrected chi connectivity index (χ0v) is 14.4. The maximum atomic E-state index is 12.2. The number of carbonyl (C=O) groups is 1. The zero-order valence-electron chi connectivity index (χ0n) is 12.8. The Kier molecular flexibility index (Phi) is 10.5. The molecule has 3 nitrogen and oxygen atoms in total. The van der Waals surface area contributed by atoms with Gasteiger partial charge < -0.3 is 10.6 Å². The lowest BCUT2D eigenvalue weighted by atomic mass is 10.1. The molecular weight excluding hydrogens is 307 g/mol. The summed E-state index contributed by atoms with van der Waals surface area (Å²) in [5.74, 6) is 0.171. The summed E-state index contributed by atoms with van der Waals surface area (Å²) in [6.45, 7) is 2.74. The Balaban J connectivity index is 0.00000400. The molecule has 5 heteroatoms. The summed E-state index contributed by atoms with van der Waals surface area (Å²) in [6, 6.07) is 7.68. The molecule has 0 aliphatic heterocycles. The molecule has 0 aliphatic rings. The van der Waals surface area contributed by atoms with Crippen molar-refractivity contribution in [1.29, 1.82) is 0 Å². The van der Waals surface area contributed by atoms with Gasteiger partial charge in [-0.1, -0.05) is 42.6 Å². The topological polar surface area (TPSA) is 46.3 Å². The first-order valence-electron chi connectivity index (χ1n) is 7.28. The number of benzene rings is 1. The van der Waals surface area contributed by atoms with Gasteiger partial charge in [-0.05, 0) is 37.9 Å². The van der Waals surface area contributed by atoms with Gasteiger partial charge in [-0.2, -0.15) is 0 Å². The second-order valence-electron chi connectivity index (χ2n) is 5.16. The van der Waals surface area contributed by atoms with E-state index in [1.54, 1.807) is 4.90 Å². The highest BCUT2D eigenvalue weighted by molar-refractivity contribution is 6.31. The third kappa shape index (κ3) is 6.68. The molecule has 0 fully saturated rings. The van der Waals surface area contributed by atoms with Crippen molar-refractivity contribution in [3.8, 4) is 0 Å². The fraction of sp³-hybridized carbons (Fsp3) is 0.562. The molecule has 1 amide bonds. The Morgan fingerprint density at radius 2 is 1.86 bits per heavy atom. The highest BCUT2D eigenvalue weighted by Crippen LogP contribution is 2.26. The van der Waals surface area contributed by atoms with E-state index < -0.39 is 0 Å². The van der Waals surface area contributed by atoms with Crippen molar-refractivity contribution in [1.82, 2.24) is 4.90 Å². The first-order valence-corrected chi connectivity index (χ1v) is 7.66. The highest BCUT2D eigenvalue weighted by atomic mass is 35.5. The van der Waals surface area contributed by atoms with Crippen LogP contribution in [0.15, 0.2) is 24.3 Å². The fourth-order valence-electron chi connectivity index (χ4n) is 2.19. The van der Waals surface area contributed by atoms with E-state index in [0.717, 1.165) is 37.8 Å². The lowest BCUT2D eigenvalue weighted by Crippen LogP contribution is -2.29. The Labute approximate surface area is 139 Å². The average Bonchev–Trinajstić information content (AvgIpc) is 2.46. The van der Waals surface area contributed by atoms with Crippen LogP contribution in [-0.2, 0) is 4.79 Å². The molecule has 0 heterocycles. The molecule has 0 saturated carbocycles. The van der Waals surface area contributed by atoms with Crippen molar-refractivity contribution in [2.45, 2.75) is 45.1 Å². The molecular formula is C16H26Cl2N2O. The average molecular weight is 333 g/mol. The predicted molar refractivity (Wildman–Crippen MR) is 92.0 cm³/mol. The second-order valence-corrected chi connectivity index (χ2v) is 5.56. The summed E-state index contributed by atoms with van der Waals surface area (Å²) in [5, 5.41) is 0.711. The SMILES string of the molecule is CC(c1ccccc1Cl)N(C)C(=O)CCCCCCN.Cl. The summed E-state index contributed by atoms with van der Waals surface area (Å²) < 4.78 is 0. The highest BCUT2D eigenvalue weighted by Gasteiger charge is 2.18. The van der Waals surface area contributed by atoms with E-state index in [9.17, 15) is 4.79 Å². The van der Waals surface area contributed by atoms with Gasteiger partial charge in [0, 0.05) is 18.5 Å². The van der Waals surface area contributed by atoms with E-state index in [0.29, 0.717) is 11.4 Å². The smallest absolute Gasteiger partial charge is 0.222 e. The molecule has 0 aromatic heterocycles. The van der Waals surface area contributed by atoms with Crippen molar-refractivity contribution in [2.75, 3.05) is 13.6 Å². The van der Waals surface area contributed by atoms with Gasteiger partial charge in [0.2, 0.25) is 5.91 Å². The molecule has 21 heavy (non-hydrogen) atoms. The van der Waals surface area contributed by atoms with Gasteiger partial charge in [0.05, 0.1) is 6.04 Å². The third-order valence-corrected chi connectivity index (χ3v) is 4.02. The molecule has 0 aliphatic carbocycles. The number of hydrogen-bond donors (Lipinski definition) is 1. The van der Waals surface area contributed by atoms with E-state index in [2.05, 4.69) is 0 Å². The van der Waals surface area contributed by atoms with Crippen LogP contribution < -0.4 is 5.73 Å². The minimum Gasteiger partial charge on any atom is -0.339 e. The first kappa shape index (κ1) is 20.2. The monoisotopic (exact) mass is 332 g/mol. The lowest BCUT2D eigenvalue weighted by molar-refractivity contribution is -0.131. The van der Waals surface area contributed by atoms with Gasteiger partial charge in [-0.25, -0.2) is 0 Å². The van der Waals surface area contributed by atoms with E-state index in [1.165, 1.54) is 0 Å². The number of nitrogens with zero attached hydrogens (tertiary/aromatic N) is 1. The maximum absolute atomic E-state index is 12.2. The molecule has 120 valence electrons. The zero-order chi connectivity index (χ0) is 15.0.